The van der Waals surface area contributed by atoms with Crippen molar-refractivity contribution in [2.75, 3.05) is 31.1 Å². The Labute approximate surface area is 184 Å². The average Bonchev–Trinajstić information content (AvgIpc) is 3.49. The monoisotopic (exact) mass is 422 g/mol. The topological polar surface area (TPSA) is 67.2 Å². The molecule has 7 nitrogen and oxygen atoms in total. The van der Waals surface area contributed by atoms with Crippen LogP contribution >= 0.6 is 0 Å². The van der Waals surface area contributed by atoms with Crippen LogP contribution in [0.3, 0.4) is 0 Å². The number of nitrogens with zero attached hydrogens (tertiary/aromatic N) is 6. The minimum atomic E-state index is 0.237. The molecule has 0 aromatic carbocycles. The standard InChI is InChI=1S/C24H34N6O/c1-28-17-20(21-11-12-25-24(26-21)29-13-5-6-14-29)22(27-28)19-10-7-15-30(16-19)23(31)18-8-3-2-4-9-18/h11-12,17-19H,2-10,13-16H2,1H3/t19-/m1/s1. The van der Waals surface area contributed by atoms with Gasteiger partial charge in [-0.3, -0.25) is 9.48 Å². The van der Waals surface area contributed by atoms with Gasteiger partial charge in [0.15, 0.2) is 0 Å². The second kappa shape index (κ2) is 8.97. The summed E-state index contributed by atoms with van der Waals surface area (Å²) in [6.45, 7) is 3.73. The van der Waals surface area contributed by atoms with Crippen LogP contribution in [0.5, 0.6) is 0 Å². The van der Waals surface area contributed by atoms with Crippen LogP contribution in [0.4, 0.5) is 5.95 Å². The van der Waals surface area contributed by atoms with Crippen LogP contribution in [0.15, 0.2) is 18.5 Å². The van der Waals surface area contributed by atoms with Crippen molar-refractivity contribution in [1.82, 2.24) is 24.6 Å². The molecule has 7 heteroatoms. The van der Waals surface area contributed by atoms with E-state index >= 15 is 0 Å². The Morgan fingerprint density at radius 3 is 2.61 bits per heavy atom. The molecule has 0 bridgehead atoms. The normalized spacial score (nSPS) is 22.8. The van der Waals surface area contributed by atoms with Gasteiger partial charge in [-0.1, -0.05) is 19.3 Å². The molecule has 0 radical (unpaired) electrons. The van der Waals surface area contributed by atoms with Gasteiger partial charge in [-0.15, -0.1) is 0 Å². The first-order valence-corrected chi connectivity index (χ1v) is 12.1. The Morgan fingerprint density at radius 2 is 1.81 bits per heavy atom. The fraction of sp³-hybridized carbons (Fsp3) is 0.667. The van der Waals surface area contributed by atoms with E-state index in [9.17, 15) is 4.79 Å². The van der Waals surface area contributed by atoms with Crippen LogP contribution < -0.4 is 4.90 Å². The Morgan fingerprint density at radius 1 is 1.00 bits per heavy atom. The van der Waals surface area contributed by atoms with Crippen molar-refractivity contribution in [2.24, 2.45) is 13.0 Å². The zero-order chi connectivity index (χ0) is 21.2. The highest BCUT2D eigenvalue weighted by atomic mass is 16.2. The van der Waals surface area contributed by atoms with E-state index in [4.69, 9.17) is 10.1 Å². The number of hydrogen-bond acceptors (Lipinski definition) is 5. The van der Waals surface area contributed by atoms with E-state index in [2.05, 4.69) is 21.0 Å². The van der Waals surface area contributed by atoms with E-state index in [1.165, 1.54) is 32.1 Å². The molecule has 1 aliphatic carbocycles. The first kappa shape index (κ1) is 20.5. The van der Waals surface area contributed by atoms with Gasteiger partial charge in [-0.2, -0.15) is 5.10 Å². The molecular weight excluding hydrogens is 388 g/mol. The summed E-state index contributed by atoms with van der Waals surface area (Å²) >= 11 is 0. The van der Waals surface area contributed by atoms with Gasteiger partial charge in [0.1, 0.15) is 0 Å². The molecule has 2 aromatic rings. The lowest BCUT2D eigenvalue weighted by atomic mass is 9.86. The van der Waals surface area contributed by atoms with Gasteiger partial charge in [0.25, 0.3) is 0 Å². The molecule has 4 heterocycles. The highest BCUT2D eigenvalue weighted by Gasteiger charge is 2.32. The number of likely N-dealkylation sites (tertiary alicyclic amines) is 1. The molecule has 0 unspecified atom stereocenters. The molecule has 3 aliphatic rings. The van der Waals surface area contributed by atoms with Gasteiger partial charge in [-0.25, -0.2) is 9.97 Å². The highest BCUT2D eigenvalue weighted by molar-refractivity contribution is 5.79. The third-order valence-corrected chi connectivity index (χ3v) is 7.24. The van der Waals surface area contributed by atoms with Gasteiger partial charge in [0.05, 0.1) is 11.4 Å². The number of hydrogen-bond donors (Lipinski definition) is 0. The van der Waals surface area contributed by atoms with Crippen LogP contribution in [0, 0.1) is 5.92 Å². The Balaban J connectivity index is 1.37. The lowest BCUT2D eigenvalue weighted by Crippen LogP contribution is -2.43. The van der Waals surface area contributed by atoms with Crippen molar-refractivity contribution in [2.45, 2.75) is 63.7 Å². The molecule has 2 aromatic heterocycles. The summed E-state index contributed by atoms with van der Waals surface area (Å²) in [6.07, 6.45) is 14.3. The molecular formula is C24H34N6O. The largest absolute Gasteiger partial charge is 0.342 e. The molecule has 1 atom stereocenters. The minimum Gasteiger partial charge on any atom is -0.342 e. The number of anilines is 1. The van der Waals surface area contributed by atoms with E-state index in [0.29, 0.717) is 5.91 Å². The molecule has 5 rings (SSSR count). The van der Waals surface area contributed by atoms with Crippen molar-refractivity contribution in [3.05, 3.63) is 24.2 Å². The fourth-order valence-electron chi connectivity index (χ4n) is 5.58. The van der Waals surface area contributed by atoms with Crippen molar-refractivity contribution in [3.8, 4) is 11.3 Å². The van der Waals surface area contributed by atoms with Gasteiger partial charge in [0.2, 0.25) is 11.9 Å². The summed E-state index contributed by atoms with van der Waals surface area (Å²) in [6, 6.07) is 1.99. The van der Waals surface area contributed by atoms with Crippen molar-refractivity contribution in [1.29, 1.82) is 0 Å². The molecule has 0 N–H and O–H groups in total. The summed E-state index contributed by atoms with van der Waals surface area (Å²) in [5, 5.41) is 4.85. The predicted molar refractivity (Wildman–Crippen MR) is 121 cm³/mol. The van der Waals surface area contributed by atoms with Crippen molar-refractivity contribution >= 4 is 11.9 Å². The highest BCUT2D eigenvalue weighted by Crippen LogP contribution is 2.35. The minimum absolute atomic E-state index is 0.237. The fourth-order valence-corrected chi connectivity index (χ4v) is 5.58. The molecule has 3 fully saturated rings. The third kappa shape index (κ3) is 4.32. The maximum atomic E-state index is 13.2. The Bertz CT molecular complexity index is 913. The maximum absolute atomic E-state index is 13.2. The first-order chi connectivity index (χ1) is 15.2. The van der Waals surface area contributed by atoms with Crippen LogP contribution in [0.25, 0.3) is 11.3 Å². The molecule has 2 aliphatic heterocycles. The second-order valence-corrected chi connectivity index (χ2v) is 9.50. The summed E-state index contributed by atoms with van der Waals surface area (Å²) in [5.41, 5.74) is 3.10. The summed E-state index contributed by atoms with van der Waals surface area (Å²) < 4.78 is 1.89. The Hall–Kier alpha value is -2.44. The summed E-state index contributed by atoms with van der Waals surface area (Å²) in [5.74, 6) is 1.70. The maximum Gasteiger partial charge on any atom is 0.225 e. The first-order valence-electron chi connectivity index (χ1n) is 12.1. The van der Waals surface area contributed by atoms with E-state index in [0.717, 1.165) is 74.8 Å². The van der Waals surface area contributed by atoms with E-state index < -0.39 is 0 Å². The molecule has 166 valence electrons. The number of amides is 1. The molecule has 2 saturated heterocycles. The molecule has 1 amide bonds. The van der Waals surface area contributed by atoms with Crippen molar-refractivity contribution < 1.29 is 4.79 Å². The quantitative estimate of drug-likeness (QED) is 0.750. The molecule has 0 spiro atoms. The number of aromatic nitrogens is 4. The number of carbonyl (C=O) groups is 1. The van der Waals surface area contributed by atoms with Crippen LogP contribution in [-0.2, 0) is 11.8 Å². The van der Waals surface area contributed by atoms with Crippen LogP contribution in [0.2, 0.25) is 0 Å². The zero-order valence-corrected chi connectivity index (χ0v) is 18.7. The smallest absolute Gasteiger partial charge is 0.225 e. The number of piperidine rings is 1. The van der Waals surface area contributed by atoms with Gasteiger partial charge < -0.3 is 9.80 Å². The van der Waals surface area contributed by atoms with Crippen LogP contribution in [-0.4, -0.2) is 56.7 Å². The van der Waals surface area contributed by atoms with Crippen LogP contribution in [0.1, 0.15) is 69.4 Å². The number of carbonyl (C=O) groups excluding carboxylic acids is 1. The lowest BCUT2D eigenvalue weighted by molar-refractivity contribution is -0.137. The van der Waals surface area contributed by atoms with Gasteiger partial charge >= 0.3 is 0 Å². The second-order valence-electron chi connectivity index (χ2n) is 9.50. The van der Waals surface area contributed by atoms with E-state index in [1.54, 1.807) is 0 Å². The summed E-state index contributed by atoms with van der Waals surface area (Å²) in [7, 11) is 1.98. The predicted octanol–water partition coefficient (Wildman–Crippen LogP) is 3.76. The third-order valence-electron chi connectivity index (χ3n) is 7.24. The molecule has 31 heavy (non-hydrogen) atoms. The van der Waals surface area contributed by atoms with E-state index in [-0.39, 0.29) is 11.8 Å². The summed E-state index contributed by atoms with van der Waals surface area (Å²) in [4.78, 5) is 27.0. The molecule has 1 saturated carbocycles. The zero-order valence-electron chi connectivity index (χ0n) is 18.7. The Kier molecular flexibility index (Phi) is 5.92. The number of rotatable bonds is 4. The lowest BCUT2D eigenvalue weighted by Gasteiger charge is -2.35. The SMILES string of the molecule is Cn1cc(-c2ccnc(N3CCCC3)n2)c([C@@H]2CCCN(C(=O)C3CCCCC3)C2)n1. The number of aryl methyl sites for hydroxylation is 1. The van der Waals surface area contributed by atoms with Gasteiger partial charge in [0, 0.05) is 63.0 Å². The van der Waals surface area contributed by atoms with Gasteiger partial charge in [-0.05, 0) is 44.6 Å². The van der Waals surface area contributed by atoms with E-state index in [1.807, 2.05) is 24.0 Å². The average molecular weight is 423 g/mol. The van der Waals surface area contributed by atoms with Crippen molar-refractivity contribution in [3.63, 3.8) is 0 Å².